The van der Waals surface area contributed by atoms with Crippen LogP contribution in [0.3, 0.4) is 0 Å². The number of non-ortho nitro benzene ring substituents is 1. The molecule has 4 aromatic rings. The summed E-state index contributed by atoms with van der Waals surface area (Å²) in [6.07, 6.45) is 7.82. The van der Waals surface area contributed by atoms with Gasteiger partial charge in [-0.25, -0.2) is 4.79 Å². The number of carbonyl (C=O) groups is 1. The molecule has 6 atom stereocenters. The number of ether oxygens (including phenoxy) is 4. The smallest absolute Gasteiger partial charge is 0.415 e. The van der Waals surface area contributed by atoms with Gasteiger partial charge in [-0.15, -0.1) is 6.58 Å². The summed E-state index contributed by atoms with van der Waals surface area (Å²) in [5, 5.41) is 35.6. The molecule has 0 saturated heterocycles. The van der Waals surface area contributed by atoms with Gasteiger partial charge in [-0.2, -0.15) is 0 Å². The molecule has 7 rings (SSSR count). The Morgan fingerprint density at radius 3 is 2.28 bits per heavy atom. The molecule has 4 aromatic carbocycles. The van der Waals surface area contributed by atoms with Gasteiger partial charge >= 0.3 is 6.09 Å². The standard InChI is InChI=1S/C48H53N3O10/c1-4-28-58-48-44(50(2)47(54)60-37-22-18-35(19-23-37)51(55)56)31-42(49-57-3)40-29-34(14-8-10-26-52)39(15-9-11-27-53)45(46(40)48)41-30-38(24-25-43(41)61-48)59-36-20-16-33(17-21-36)32-12-6-5-7-13-32/h4-7,12-13,16-25,29-30,34,39,44-46,52-53H,1,8-11,14-15,26-28,31H2,2-3H3/t34-,39+,44-,45+,46+,48+/m0/s1. The number of aliphatic hydroxyl groups excluding tert-OH is 2. The number of aliphatic hydroxyl groups is 2. The number of nitrogens with zero attached hydrogens (tertiary/aromatic N) is 3. The summed E-state index contributed by atoms with van der Waals surface area (Å²) in [6.45, 7) is 4.22. The molecule has 1 aliphatic heterocycles. The molecule has 13 heteroatoms. The summed E-state index contributed by atoms with van der Waals surface area (Å²) in [4.78, 5) is 31.8. The van der Waals surface area contributed by atoms with E-state index in [0.717, 1.165) is 47.9 Å². The molecule has 13 nitrogen and oxygen atoms in total. The predicted octanol–water partition coefficient (Wildman–Crippen LogP) is 9.45. The first-order chi connectivity index (χ1) is 29.7. The zero-order valence-corrected chi connectivity index (χ0v) is 34.6. The number of allylic oxidation sites excluding steroid dienone is 1. The SMILES string of the molecule is C=CCO[C@@]12Oc3ccc(Oc4ccc(-c5ccccc5)cc4)cc3[C@H]3[C@H](CCCCO)[C@@H](CCCCO)C=C(C(=NOC)C[C@@H]1N(C)C(=O)Oc1ccc([N+](=O)[O-])cc1)[C@H]32. The fourth-order valence-electron chi connectivity index (χ4n) is 9.32. The Morgan fingerprint density at radius 2 is 1.61 bits per heavy atom. The molecule has 0 spiro atoms. The fraction of sp³-hybridized carbons (Fsp3) is 0.375. The van der Waals surface area contributed by atoms with E-state index in [4.69, 9.17) is 23.8 Å². The van der Waals surface area contributed by atoms with Gasteiger partial charge in [0, 0.05) is 50.3 Å². The quantitative estimate of drug-likeness (QED) is 0.0428. The summed E-state index contributed by atoms with van der Waals surface area (Å²) in [5.41, 5.74) is 4.49. The van der Waals surface area contributed by atoms with Gasteiger partial charge in [-0.1, -0.05) is 72.6 Å². The number of oxime groups is 1. The van der Waals surface area contributed by atoms with Crippen LogP contribution >= 0.6 is 0 Å². The van der Waals surface area contributed by atoms with Crippen LogP contribution < -0.4 is 14.2 Å². The zero-order chi connectivity index (χ0) is 42.9. The second-order valence-corrected chi connectivity index (χ2v) is 15.7. The van der Waals surface area contributed by atoms with E-state index in [0.29, 0.717) is 35.8 Å². The third-order valence-electron chi connectivity index (χ3n) is 12.1. The number of carbonyl (C=O) groups excluding carboxylic acids is 1. The van der Waals surface area contributed by atoms with Gasteiger partial charge < -0.3 is 38.9 Å². The van der Waals surface area contributed by atoms with Crippen molar-refractivity contribution in [3.8, 4) is 34.1 Å². The lowest BCUT2D eigenvalue weighted by molar-refractivity contribution is -0.384. The third kappa shape index (κ3) is 9.19. The number of unbranched alkanes of at least 4 members (excludes halogenated alkanes) is 2. The van der Waals surface area contributed by atoms with Crippen LogP contribution in [0.15, 0.2) is 127 Å². The average Bonchev–Trinajstić information content (AvgIpc) is 3.28. The van der Waals surface area contributed by atoms with Crippen LogP contribution in [-0.2, 0) is 9.57 Å². The van der Waals surface area contributed by atoms with Gasteiger partial charge in [0.1, 0.15) is 36.1 Å². The van der Waals surface area contributed by atoms with Crippen molar-refractivity contribution in [1.82, 2.24) is 4.90 Å². The first kappa shape index (κ1) is 43.1. The highest BCUT2D eigenvalue weighted by molar-refractivity contribution is 6.03. The lowest BCUT2D eigenvalue weighted by Crippen LogP contribution is -2.69. The minimum absolute atomic E-state index is 0.0219. The van der Waals surface area contributed by atoms with Crippen molar-refractivity contribution in [1.29, 1.82) is 0 Å². The summed E-state index contributed by atoms with van der Waals surface area (Å²) >= 11 is 0. The number of benzene rings is 4. The monoisotopic (exact) mass is 831 g/mol. The molecule has 320 valence electrons. The molecule has 0 radical (unpaired) electrons. The minimum atomic E-state index is -1.48. The lowest BCUT2D eigenvalue weighted by atomic mass is 9.55. The van der Waals surface area contributed by atoms with Crippen LogP contribution in [0, 0.1) is 27.9 Å². The molecule has 61 heavy (non-hydrogen) atoms. The van der Waals surface area contributed by atoms with Gasteiger partial charge in [0.15, 0.2) is 0 Å². The third-order valence-corrected chi connectivity index (χ3v) is 12.1. The van der Waals surface area contributed by atoms with Crippen molar-refractivity contribution in [2.24, 2.45) is 22.9 Å². The molecule has 0 bridgehead atoms. The number of nitro groups is 1. The van der Waals surface area contributed by atoms with Crippen LogP contribution in [0.5, 0.6) is 23.0 Å². The molecular weight excluding hydrogens is 779 g/mol. The Labute approximate surface area is 356 Å². The number of likely N-dealkylation sites (N-methyl/N-ethyl adjacent to an activating group) is 1. The number of hydrogen-bond donors (Lipinski definition) is 2. The summed E-state index contributed by atoms with van der Waals surface area (Å²) in [5.74, 6) is -0.160. The van der Waals surface area contributed by atoms with E-state index in [-0.39, 0.29) is 55.4 Å². The summed E-state index contributed by atoms with van der Waals surface area (Å²) in [6, 6.07) is 28.4. The topological polar surface area (TPSA) is 162 Å². The van der Waals surface area contributed by atoms with Crippen molar-refractivity contribution in [3.05, 3.63) is 137 Å². The molecule has 2 N–H and O–H groups in total. The zero-order valence-electron chi connectivity index (χ0n) is 34.6. The Hall–Kier alpha value is -6.02. The van der Waals surface area contributed by atoms with E-state index in [1.54, 1.807) is 13.1 Å². The van der Waals surface area contributed by atoms with Crippen molar-refractivity contribution in [3.63, 3.8) is 0 Å². The molecule has 1 saturated carbocycles. The fourth-order valence-corrected chi connectivity index (χ4v) is 9.32. The highest BCUT2D eigenvalue weighted by atomic mass is 16.7. The van der Waals surface area contributed by atoms with E-state index < -0.39 is 28.8 Å². The predicted molar refractivity (Wildman–Crippen MR) is 231 cm³/mol. The minimum Gasteiger partial charge on any atom is -0.459 e. The van der Waals surface area contributed by atoms with Crippen LogP contribution in [0.4, 0.5) is 10.5 Å². The molecule has 1 amide bonds. The summed E-state index contributed by atoms with van der Waals surface area (Å²) < 4.78 is 26.4. The lowest BCUT2D eigenvalue weighted by Gasteiger charge is -2.59. The Balaban J connectivity index is 1.34. The van der Waals surface area contributed by atoms with Crippen LogP contribution in [-0.4, -0.2) is 77.6 Å². The number of hydrogen-bond acceptors (Lipinski definition) is 11. The van der Waals surface area contributed by atoms with E-state index in [2.05, 4.69) is 29.9 Å². The first-order valence-electron chi connectivity index (χ1n) is 20.8. The van der Waals surface area contributed by atoms with E-state index in [1.165, 1.54) is 36.3 Å². The van der Waals surface area contributed by atoms with Crippen LogP contribution in [0.1, 0.15) is 56.4 Å². The van der Waals surface area contributed by atoms with Crippen molar-refractivity contribution >= 4 is 17.5 Å². The molecule has 0 unspecified atom stereocenters. The maximum Gasteiger partial charge on any atom is 0.415 e. The highest BCUT2D eigenvalue weighted by Gasteiger charge is 2.65. The molecular formula is C48H53N3O10. The second kappa shape index (κ2) is 19.6. The van der Waals surface area contributed by atoms with Crippen LogP contribution in [0.25, 0.3) is 11.1 Å². The molecule has 1 heterocycles. The number of amides is 1. The normalized spacial score (nSPS) is 23.1. The van der Waals surface area contributed by atoms with Gasteiger partial charge in [0.25, 0.3) is 5.69 Å². The highest BCUT2D eigenvalue weighted by Crippen LogP contribution is 2.62. The Bertz CT molecular complexity index is 2210. The van der Waals surface area contributed by atoms with Crippen molar-refractivity contribution < 1.29 is 43.7 Å². The number of fused-ring (bicyclic) bond motifs is 2. The number of rotatable bonds is 18. The maximum absolute atomic E-state index is 14.1. The molecule has 0 aromatic heterocycles. The summed E-state index contributed by atoms with van der Waals surface area (Å²) in [7, 11) is 3.11. The average molecular weight is 832 g/mol. The molecule has 3 aliphatic rings. The van der Waals surface area contributed by atoms with Crippen molar-refractivity contribution in [2.75, 3.05) is 34.0 Å². The molecule has 1 fully saturated rings. The van der Waals surface area contributed by atoms with Gasteiger partial charge in [0.05, 0.1) is 23.2 Å². The Kier molecular flexibility index (Phi) is 13.8. The Morgan fingerprint density at radius 1 is 0.934 bits per heavy atom. The largest absolute Gasteiger partial charge is 0.459 e. The first-order valence-corrected chi connectivity index (χ1v) is 20.8. The van der Waals surface area contributed by atoms with Gasteiger partial charge in [0.2, 0.25) is 5.79 Å². The van der Waals surface area contributed by atoms with E-state index in [9.17, 15) is 25.1 Å². The van der Waals surface area contributed by atoms with E-state index >= 15 is 0 Å². The van der Waals surface area contributed by atoms with E-state index in [1.807, 2.05) is 60.7 Å². The molecule has 2 aliphatic carbocycles. The number of nitro benzene ring substituents is 1. The van der Waals surface area contributed by atoms with Gasteiger partial charge in [-0.05, 0) is 96.7 Å². The van der Waals surface area contributed by atoms with Crippen LogP contribution in [0.2, 0.25) is 0 Å². The van der Waals surface area contributed by atoms with Crippen molar-refractivity contribution in [2.45, 2.75) is 62.7 Å². The second-order valence-electron chi connectivity index (χ2n) is 15.7. The maximum atomic E-state index is 14.1. The van der Waals surface area contributed by atoms with Gasteiger partial charge in [-0.3, -0.25) is 10.1 Å².